The van der Waals surface area contributed by atoms with Gasteiger partial charge in [0.05, 0.1) is 16.9 Å². The number of nitrogens with zero attached hydrogens (tertiary/aromatic N) is 2. The van der Waals surface area contributed by atoms with E-state index < -0.39 is 0 Å². The zero-order chi connectivity index (χ0) is 19.3. The van der Waals surface area contributed by atoms with Crippen molar-refractivity contribution in [2.45, 2.75) is 19.3 Å². The third kappa shape index (κ3) is 4.42. The first-order valence-corrected chi connectivity index (χ1v) is 9.91. The lowest BCUT2D eigenvalue weighted by molar-refractivity contribution is 0.171. The largest absolute Gasteiger partial charge is 0.486 e. The number of urea groups is 1. The molecule has 2 aliphatic rings. The van der Waals surface area contributed by atoms with Gasteiger partial charge >= 0.3 is 6.03 Å². The van der Waals surface area contributed by atoms with Crippen molar-refractivity contribution >= 4 is 29.1 Å². The lowest BCUT2D eigenvalue weighted by atomic mass is 10.1. The predicted molar refractivity (Wildman–Crippen MR) is 109 cm³/mol. The first-order valence-electron chi connectivity index (χ1n) is 9.53. The number of carbonyl (C=O) groups is 1. The van der Waals surface area contributed by atoms with E-state index >= 15 is 0 Å². The molecule has 0 bridgehead atoms. The molecule has 1 saturated heterocycles. The number of amides is 2. The monoisotopic (exact) mass is 402 g/mol. The van der Waals surface area contributed by atoms with Crippen LogP contribution in [0.25, 0.3) is 0 Å². The minimum atomic E-state index is -0.264. The fraction of sp³-hybridized carbons (Fsp3) is 0.400. The fourth-order valence-electron chi connectivity index (χ4n) is 3.40. The molecular formula is C20H23ClN4O3. The van der Waals surface area contributed by atoms with Gasteiger partial charge in [0.15, 0.2) is 11.5 Å². The third-order valence-electron chi connectivity index (χ3n) is 4.79. The van der Waals surface area contributed by atoms with Gasteiger partial charge in [-0.15, -0.1) is 0 Å². The van der Waals surface area contributed by atoms with Crippen LogP contribution < -0.4 is 25.0 Å². The Labute approximate surface area is 169 Å². The Balaban J connectivity index is 1.26. The number of halogens is 1. The quantitative estimate of drug-likeness (QED) is 0.800. The normalized spacial score (nSPS) is 15.4. The third-order valence-corrected chi connectivity index (χ3v) is 5.07. The van der Waals surface area contributed by atoms with E-state index in [0.29, 0.717) is 48.4 Å². The highest BCUT2D eigenvalue weighted by Crippen LogP contribution is 2.38. The molecule has 148 valence electrons. The van der Waals surface area contributed by atoms with E-state index in [0.717, 1.165) is 24.5 Å². The van der Waals surface area contributed by atoms with E-state index in [1.807, 2.05) is 24.3 Å². The smallest absolute Gasteiger partial charge is 0.319 e. The SMILES string of the molecule is O=C(NCCc1cc(Cl)c2c(c1)OCCO2)Nc1ccc(N2CCCC2)nc1. The summed E-state index contributed by atoms with van der Waals surface area (Å²) in [6, 6.07) is 7.30. The highest BCUT2D eigenvalue weighted by molar-refractivity contribution is 6.32. The van der Waals surface area contributed by atoms with Crippen LogP contribution in [-0.4, -0.2) is 43.9 Å². The number of nitrogens with one attached hydrogen (secondary N) is 2. The highest BCUT2D eigenvalue weighted by atomic mass is 35.5. The van der Waals surface area contributed by atoms with Gasteiger partial charge in [0.2, 0.25) is 0 Å². The van der Waals surface area contributed by atoms with E-state index in [4.69, 9.17) is 21.1 Å². The van der Waals surface area contributed by atoms with Crippen molar-refractivity contribution in [2.75, 3.05) is 43.1 Å². The number of hydrogen-bond donors (Lipinski definition) is 2. The Morgan fingerprint density at radius 2 is 2.00 bits per heavy atom. The molecule has 0 atom stereocenters. The Kier molecular flexibility index (Phi) is 5.71. The van der Waals surface area contributed by atoms with Crippen molar-refractivity contribution in [2.24, 2.45) is 0 Å². The fourth-order valence-corrected chi connectivity index (χ4v) is 3.69. The molecule has 1 fully saturated rings. The lowest BCUT2D eigenvalue weighted by Gasteiger charge is -2.20. The molecule has 2 amide bonds. The van der Waals surface area contributed by atoms with Crippen LogP contribution in [0.5, 0.6) is 11.5 Å². The number of ether oxygens (including phenoxy) is 2. The van der Waals surface area contributed by atoms with Crippen molar-refractivity contribution in [3.05, 3.63) is 41.0 Å². The number of anilines is 2. The standard InChI is InChI=1S/C20H23ClN4O3/c21-16-11-14(12-17-19(16)28-10-9-27-17)5-6-22-20(26)24-15-3-4-18(23-13-15)25-7-1-2-8-25/h3-4,11-13H,1-2,5-10H2,(H2,22,24,26). The Bertz CT molecular complexity index is 838. The summed E-state index contributed by atoms with van der Waals surface area (Å²) in [6.45, 7) is 3.58. The summed E-state index contributed by atoms with van der Waals surface area (Å²) in [7, 11) is 0. The summed E-state index contributed by atoms with van der Waals surface area (Å²) in [6.07, 6.45) is 4.74. The summed E-state index contributed by atoms with van der Waals surface area (Å²) in [4.78, 5) is 18.8. The van der Waals surface area contributed by atoms with Gasteiger partial charge in [0.1, 0.15) is 19.0 Å². The molecule has 0 aliphatic carbocycles. The molecule has 1 aromatic heterocycles. The molecule has 0 spiro atoms. The van der Waals surface area contributed by atoms with Crippen molar-refractivity contribution in [1.82, 2.24) is 10.3 Å². The Hall–Kier alpha value is -2.67. The summed E-state index contributed by atoms with van der Waals surface area (Å²) in [5.41, 5.74) is 1.65. The van der Waals surface area contributed by atoms with Gasteiger partial charge in [0.25, 0.3) is 0 Å². The molecule has 2 N–H and O–H groups in total. The van der Waals surface area contributed by atoms with E-state index in [9.17, 15) is 4.79 Å². The molecule has 7 nitrogen and oxygen atoms in total. The Morgan fingerprint density at radius 3 is 2.79 bits per heavy atom. The van der Waals surface area contributed by atoms with Gasteiger partial charge in [-0.1, -0.05) is 11.6 Å². The minimum Gasteiger partial charge on any atom is -0.486 e. The number of carbonyl (C=O) groups excluding carboxylic acids is 1. The molecule has 2 aromatic rings. The summed E-state index contributed by atoms with van der Waals surface area (Å²) >= 11 is 6.24. The summed E-state index contributed by atoms with van der Waals surface area (Å²) in [5, 5.41) is 6.18. The van der Waals surface area contributed by atoms with Crippen LogP contribution in [0, 0.1) is 0 Å². The van der Waals surface area contributed by atoms with Crippen molar-refractivity contribution in [3.63, 3.8) is 0 Å². The van der Waals surface area contributed by atoms with Crippen molar-refractivity contribution < 1.29 is 14.3 Å². The van der Waals surface area contributed by atoms with Crippen LogP contribution >= 0.6 is 11.6 Å². The molecule has 0 radical (unpaired) electrons. The number of rotatable bonds is 5. The highest BCUT2D eigenvalue weighted by Gasteiger charge is 2.17. The van der Waals surface area contributed by atoms with Crippen LogP contribution in [-0.2, 0) is 6.42 Å². The zero-order valence-electron chi connectivity index (χ0n) is 15.5. The molecule has 28 heavy (non-hydrogen) atoms. The van der Waals surface area contributed by atoms with Crippen LogP contribution in [0.2, 0.25) is 5.02 Å². The summed E-state index contributed by atoms with van der Waals surface area (Å²) in [5.74, 6) is 2.20. The molecule has 8 heteroatoms. The average Bonchev–Trinajstić information content (AvgIpc) is 3.23. The van der Waals surface area contributed by atoms with Crippen LogP contribution in [0.4, 0.5) is 16.3 Å². The molecule has 0 unspecified atom stereocenters. The summed E-state index contributed by atoms with van der Waals surface area (Å²) < 4.78 is 11.1. The number of fused-ring (bicyclic) bond motifs is 1. The first kappa shape index (κ1) is 18.7. The minimum absolute atomic E-state index is 0.264. The molecule has 2 aliphatic heterocycles. The zero-order valence-corrected chi connectivity index (χ0v) is 16.3. The van der Waals surface area contributed by atoms with Gasteiger partial charge in [0, 0.05) is 19.6 Å². The number of benzene rings is 1. The first-order chi connectivity index (χ1) is 13.7. The maximum atomic E-state index is 12.1. The second-order valence-corrected chi connectivity index (χ2v) is 7.24. The molecule has 4 rings (SSSR count). The van der Waals surface area contributed by atoms with E-state index in [2.05, 4.69) is 20.5 Å². The maximum Gasteiger partial charge on any atom is 0.319 e. The van der Waals surface area contributed by atoms with Crippen molar-refractivity contribution in [3.8, 4) is 11.5 Å². The van der Waals surface area contributed by atoms with Gasteiger partial charge in [-0.05, 0) is 49.1 Å². The molecule has 3 heterocycles. The van der Waals surface area contributed by atoms with Gasteiger partial charge in [-0.2, -0.15) is 0 Å². The second-order valence-electron chi connectivity index (χ2n) is 6.83. The lowest BCUT2D eigenvalue weighted by Crippen LogP contribution is -2.30. The van der Waals surface area contributed by atoms with E-state index in [1.54, 1.807) is 6.20 Å². The average molecular weight is 403 g/mol. The second kappa shape index (κ2) is 8.56. The van der Waals surface area contributed by atoms with Crippen LogP contribution in [0.3, 0.4) is 0 Å². The topological polar surface area (TPSA) is 75.7 Å². The number of pyridine rings is 1. The number of hydrogen-bond acceptors (Lipinski definition) is 5. The molecule has 0 saturated carbocycles. The molecule has 1 aromatic carbocycles. The number of aromatic nitrogens is 1. The van der Waals surface area contributed by atoms with Crippen LogP contribution in [0.1, 0.15) is 18.4 Å². The van der Waals surface area contributed by atoms with Gasteiger partial charge in [-0.25, -0.2) is 9.78 Å². The predicted octanol–water partition coefficient (Wildman–Crippen LogP) is 3.47. The maximum absolute atomic E-state index is 12.1. The van der Waals surface area contributed by atoms with E-state index in [1.165, 1.54) is 12.8 Å². The van der Waals surface area contributed by atoms with Gasteiger partial charge < -0.3 is 25.0 Å². The van der Waals surface area contributed by atoms with Crippen molar-refractivity contribution in [1.29, 1.82) is 0 Å². The Morgan fingerprint density at radius 1 is 1.18 bits per heavy atom. The molecular weight excluding hydrogens is 380 g/mol. The van der Waals surface area contributed by atoms with Gasteiger partial charge in [-0.3, -0.25) is 0 Å². The van der Waals surface area contributed by atoms with E-state index in [-0.39, 0.29) is 6.03 Å². The van der Waals surface area contributed by atoms with Crippen LogP contribution in [0.15, 0.2) is 30.5 Å².